The summed E-state index contributed by atoms with van der Waals surface area (Å²) in [6.07, 6.45) is 0.531. The van der Waals surface area contributed by atoms with E-state index in [0.29, 0.717) is 29.5 Å². The minimum atomic E-state index is -0.537. The highest BCUT2D eigenvalue weighted by atomic mass is 19.1. The van der Waals surface area contributed by atoms with Gasteiger partial charge in [0.25, 0.3) is 5.91 Å². The van der Waals surface area contributed by atoms with Gasteiger partial charge in [0.1, 0.15) is 11.6 Å². The van der Waals surface area contributed by atoms with Gasteiger partial charge in [0.15, 0.2) is 0 Å². The average molecular weight is 478 g/mol. The summed E-state index contributed by atoms with van der Waals surface area (Å²) >= 11 is 0. The van der Waals surface area contributed by atoms with E-state index < -0.39 is 11.8 Å². The molecular formula is C29H32FNO4. The second-order valence-corrected chi connectivity index (χ2v) is 9.62. The van der Waals surface area contributed by atoms with E-state index in [2.05, 4.69) is 13.8 Å². The molecule has 1 amide bonds. The molecule has 3 aromatic rings. The van der Waals surface area contributed by atoms with Crippen molar-refractivity contribution in [2.24, 2.45) is 5.92 Å². The van der Waals surface area contributed by atoms with Crippen molar-refractivity contribution in [3.63, 3.8) is 0 Å². The fourth-order valence-corrected chi connectivity index (χ4v) is 4.73. The van der Waals surface area contributed by atoms with Crippen molar-refractivity contribution >= 4 is 28.3 Å². The third kappa shape index (κ3) is 4.88. The standard InChI is InChI=1S/C29H32FNO4/c1-6-34-26(32)14-19-11-12-20(15-25(19)30)31-16-24-27(29(31)33)23(13-17(2)3)21-9-7-8-10-22(21)28(24)35-18(4)5/h7-12,15,17-18H,6,13-14,16H2,1-5H3. The summed E-state index contributed by atoms with van der Waals surface area (Å²) in [5.41, 5.74) is 3.20. The second kappa shape index (κ2) is 10.1. The van der Waals surface area contributed by atoms with E-state index in [-0.39, 0.29) is 30.6 Å². The quantitative estimate of drug-likeness (QED) is 0.361. The van der Waals surface area contributed by atoms with Gasteiger partial charge in [-0.05, 0) is 61.8 Å². The van der Waals surface area contributed by atoms with E-state index in [4.69, 9.17) is 9.47 Å². The Kier molecular flexibility index (Phi) is 7.10. The van der Waals surface area contributed by atoms with Gasteiger partial charge in [-0.3, -0.25) is 9.59 Å². The summed E-state index contributed by atoms with van der Waals surface area (Å²) < 4.78 is 26.1. The average Bonchev–Trinajstić information content (AvgIpc) is 3.14. The zero-order chi connectivity index (χ0) is 25.3. The summed E-state index contributed by atoms with van der Waals surface area (Å²) in [6, 6.07) is 12.6. The third-order valence-electron chi connectivity index (χ3n) is 6.10. The van der Waals surface area contributed by atoms with E-state index in [1.807, 2.05) is 38.1 Å². The van der Waals surface area contributed by atoms with Gasteiger partial charge in [-0.2, -0.15) is 0 Å². The van der Waals surface area contributed by atoms with Gasteiger partial charge in [0.2, 0.25) is 0 Å². The van der Waals surface area contributed by atoms with Gasteiger partial charge in [-0.15, -0.1) is 0 Å². The van der Waals surface area contributed by atoms with Crippen LogP contribution in [0.15, 0.2) is 42.5 Å². The highest BCUT2D eigenvalue weighted by molar-refractivity contribution is 6.15. The first-order valence-electron chi connectivity index (χ1n) is 12.2. The lowest BCUT2D eigenvalue weighted by atomic mass is 9.89. The van der Waals surface area contributed by atoms with Gasteiger partial charge in [-0.25, -0.2) is 4.39 Å². The maximum absolute atomic E-state index is 14.9. The fraction of sp³-hybridized carbons (Fsp3) is 0.379. The zero-order valence-corrected chi connectivity index (χ0v) is 21.0. The van der Waals surface area contributed by atoms with Crippen LogP contribution in [-0.4, -0.2) is 24.6 Å². The van der Waals surface area contributed by atoms with Crippen molar-refractivity contribution in [3.8, 4) is 5.75 Å². The van der Waals surface area contributed by atoms with E-state index in [9.17, 15) is 14.0 Å². The largest absolute Gasteiger partial charge is 0.490 e. The van der Waals surface area contributed by atoms with Crippen molar-refractivity contribution < 1.29 is 23.5 Å². The van der Waals surface area contributed by atoms with Crippen LogP contribution in [0, 0.1) is 11.7 Å². The lowest BCUT2D eigenvalue weighted by molar-refractivity contribution is -0.142. The Morgan fingerprint density at radius 2 is 1.80 bits per heavy atom. The number of carbonyl (C=O) groups is 2. The van der Waals surface area contributed by atoms with Crippen molar-refractivity contribution in [3.05, 3.63) is 70.5 Å². The Morgan fingerprint density at radius 3 is 2.43 bits per heavy atom. The predicted octanol–water partition coefficient (Wildman–Crippen LogP) is 6.23. The number of anilines is 1. The summed E-state index contributed by atoms with van der Waals surface area (Å²) in [4.78, 5) is 27.2. The SMILES string of the molecule is CCOC(=O)Cc1ccc(N2Cc3c(c(CC(C)C)c4ccccc4c3OC(C)C)C2=O)cc1F. The van der Waals surface area contributed by atoms with Crippen LogP contribution in [0.1, 0.15) is 61.7 Å². The molecule has 4 rings (SSSR count). The Balaban J connectivity index is 1.81. The molecule has 0 saturated heterocycles. The van der Waals surface area contributed by atoms with Gasteiger partial charge in [-0.1, -0.05) is 44.2 Å². The van der Waals surface area contributed by atoms with E-state index in [1.165, 1.54) is 6.07 Å². The molecule has 1 heterocycles. The van der Waals surface area contributed by atoms with Crippen LogP contribution in [0.5, 0.6) is 5.75 Å². The minimum absolute atomic E-state index is 0.0674. The molecule has 0 aliphatic carbocycles. The number of ether oxygens (including phenoxy) is 2. The van der Waals surface area contributed by atoms with E-state index in [0.717, 1.165) is 28.3 Å². The Bertz CT molecular complexity index is 1280. The van der Waals surface area contributed by atoms with Crippen LogP contribution in [0.2, 0.25) is 0 Å². The fourth-order valence-electron chi connectivity index (χ4n) is 4.73. The Morgan fingerprint density at radius 1 is 1.09 bits per heavy atom. The molecule has 0 spiro atoms. The molecule has 3 aromatic carbocycles. The number of halogens is 1. The highest BCUT2D eigenvalue weighted by Gasteiger charge is 2.36. The maximum atomic E-state index is 14.9. The van der Waals surface area contributed by atoms with Gasteiger partial charge in [0.05, 0.1) is 31.2 Å². The van der Waals surface area contributed by atoms with Gasteiger partial charge < -0.3 is 14.4 Å². The minimum Gasteiger partial charge on any atom is -0.490 e. The number of carbonyl (C=O) groups excluding carboxylic acids is 2. The molecule has 0 atom stereocenters. The summed E-state index contributed by atoms with van der Waals surface area (Å²) in [7, 11) is 0. The Labute approximate surface area is 205 Å². The second-order valence-electron chi connectivity index (χ2n) is 9.62. The first-order valence-corrected chi connectivity index (χ1v) is 12.2. The van der Waals surface area contributed by atoms with Crippen LogP contribution in [-0.2, 0) is 28.9 Å². The van der Waals surface area contributed by atoms with E-state index >= 15 is 0 Å². The number of esters is 1. The molecule has 5 nitrogen and oxygen atoms in total. The molecule has 1 aliphatic heterocycles. The molecule has 0 aromatic heterocycles. The molecule has 0 unspecified atom stereocenters. The van der Waals surface area contributed by atoms with Crippen LogP contribution in [0.3, 0.4) is 0 Å². The summed E-state index contributed by atoms with van der Waals surface area (Å²) in [5, 5.41) is 2.00. The first kappa shape index (κ1) is 24.7. The normalized spacial score (nSPS) is 13.1. The van der Waals surface area contributed by atoms with Crippen LogP contribution >= 0.6 is 0 Å². The van der Waals surface area contributed by atoms with E-state index in [1.54, 1.807) is 24.0 Å². The van der Waals surface area contributed by atoms with Gasteiger partial charge in [0, 0.05) is 16.6 Å². The number of nitrogens with zero attached hydrogens (tertiary/aromatic N) is 1. The smallest absolute Gasteiger partial charge is 0.310 e. The topological polar surface area (TPSA) is 55.8 Å². The third-order valence-corrected chi connectivity index (χ3v) is 6.10. The number of amides is 1. The molecular weight excluding hydrogens is 445 g/mol. The number of benzene rings is 3. The zero-order valence-electron chi connectivity index (χ0n) is 21.0. The van der Waals surface area contributed by atoms with Crippen LogP contribution in [0.4, 0.5) is 10.1 Å². The number of hydrogen-bond donors (Lipinski definition) is 0. The monoisotopic (exact) mass is 477 g/mol. The molecule has 0 radical (unpaired) electrons. The predicted molar refractivity (Wildman–Crippen MR) is 136 cm³/mol. The molecule has 184 valence electrons. The number of hydrogen-bond acceptors (Lipinski definition) is 4. The molecule has 0 N–H and O–H groups in total. The molecule has 1 aliphatic rings. The number of fused-ring (bicyclic) bond motifs is 2. The molecule has 35 heavy (non-hydrogen) atoms. The summed E-state index contributed by atoms with van der Waals surface area (Å²) in [6.45, 7) is 10.5. The Hall–Kier alpha value is -3.41. The van der Waals surface area contributed by atoms with Gasteiger partial charge >= 0.3 is 5.97 Å². The van der Waals surface area contributed by atoms with Crippen molar-refractivity contribution in [2.45, 2.75) is 60.1 Å². The van der Waals surface area contributed by atoms with Crippen molar-refractivity contribution in [1.82, 2.24) is 0 Å². The molecule has 0 fully saturated rings. The lowest BCUT2D eigenvalue weighted by Crippen LogP contribution is -2.24. The molecule has 0 saturated carbocycles. The molecule has 6 heteroatoms. The van der Waals surface area contributed by atoms with Crippen molar-refractivity contribution in [1.29, 1.82) is 0 Å². The lowest BCUT2D eigenvalue weighted by Gasteiger charge is -2.20. The maximum Gasteiger partial charge on any atom is 0.310 e. The van der Waals surface area contributed by atoms with Crippen LogP contribution < -0.4 is 9.64 Å². The first-order chi connectivity index (χ1) is 16.7. The summed E-state index contributed by atoms with van der Waals surface area (Å²) in [5.74, 6) is -0.114. The molecule has 0 bridgehead atoms. The van der Waals surface area contributed by atoms with Crippen LogP contribution in [0.25, 0.3) is 10.8 Å². The van der Waals surface area contributed by atoms with Crippen molar-refractivity contribution in [2.75, 3.05) is 11.5 Å². The number of rotatable bonds is 8. The highest BCUT2D eigenvalue weighted by Crippen LogP contribution is 2.43.